The van der Waals surface area contributed by atoms with E-state index in [9.17, 15) is 4.79 Å². The number of benzene rings is 1. The summed E-state index contributed by atoms with van der Waals surface area (Å²) in [6, 6.07) is 9.45. The lowest BCUT2D eigenvalue weighted by Gasteiger charge is -2.26. The van der Waals surface area contributed by atoms with Crippen LogP contribution in [0.25, 0.3) is 0 Å². The highest BCUT2D eigenvalue weighted by Gasteiger charge is 2.24. The molecule has 1 unspecified atom stereocenters. The zero-order valence-corrected chi connectivity index (χ0v) is 13.3. The van der Waals surface area contributed by atoms with Crippen LogP contribution in [0.2, 0.25) is 0 Å². The van der Waals surface area contributed by atoms with Gasteiger partial charge in [-0.3, -0.25) is 4.79 Å². The van der Waals surface area contributed by atoms with Crippen molar-refractivity contribution in [1.29, 1.82) is 5.26 Å². The molecule has 0 N–H and O–H groups in total. The van der Waals surface area contributed by atoms with Crippen LogP contribution in [0.1, 0.15) is 50.5 Å². The molecular formula is C17H24N2O. The molecule has 0 radical (unpaired) electrons. The molecule has 3 heteroatoms. The SMILES string of the molecule is CC(C)C(C#N)N(C)C(=O)c1ccc(C(C)(C)C)cc1. The Hall–Kier alpha value is -1.82. The second kappa shape index (κ2) is 6.09. The van der Waals surface area contributed by atoms with Gasteiger partial charge in [0.05, 0.1) is 6.07 Å². The summed E-state index contributed by atoms with van der Waals surface area (Å²) in [5.41, 5.74) is 1.89. The van der Waals surface area contributed by atoms with E-state index in [4.69, 9.17) is 5.26 Å². The van der Waals surface area contributed by atoms with E-state index in [-0.39, 0.29) is 17.2 Å². The average Bonchev–Trinajstić information content (AvgIpc) is 2.37. The Bertz CT molecular complexity index is 503. The van der Waals surface area contributed by atoms with Crippen molar-refractivity contribution in [3.05, 3.63) is 35.4 Å². The molecule has 0 heterocycles. The van der Waals surface area contributed by atoms with Gasteiger partial charge in [0, 0.05) is 12.6 Å². The predicted octanol–water partition coefficient (Wildman–Crippen LogP) is 3.60. The third kappa shape index (κ3) is 3.60. The number of carbonyl (C=O) groups is 1. The molecule has 0 bridgehead atoms. The minimum absolute atomic E-state index is 0.0700. The van der Waals surface area contributed by atoms with E-state index in [0.29, 0.717) is 5.56 Å². The van der Waals surface area contributed by atoms with Crippen LogP contribution in [-0.2, 0) is 5.41 Å². The predicted molar refractivity (Wildman–Crippen MR) is 81.5 cm³/mol. The summed E-state index contributed by atoms with van der Waals surface area (Å²) in [6.45, 7) is 10.3. The largest absolute Gasteiger partial charge is 0.325 e. The monoisotopic (exact) mass is 272 g/mol. The van der Waals surface area contributed by atoms with Crippen LogP contribution >= 0.6 is 0 Å². The highest BCUT2D eigenvalue weighted by Crippen LogP contribution is 2.22. The number of carbonyl (C=O) groups excluding carboxylic acids is 1. The van der Waals surface area contributed by atoms with Crippen molar-refractivity contribution in [2.45, 2.75) is 46.1 Å². The van der Waals surface area contributed by atoms with Crippen molar-refractivity contribution in [3.63, 3.8) is 0 Å². The topological polar surface area (TPSA) is 44.1 Å². The first-order chi connectivity index (χ1) is 9.18. The summed E-state index contributed by atoms with van der Waals surface area (Å²) in [5, 5.41) is 9.17. The van der Waals surface area contributed by atoms with E-state index in [0.717, 1.165) is 0 Å². The Morgan fingerprint density at radius 2 is 1.70 bits per heavy atom. The molecule has 20 heavy (non-hydrogen) atoms. The molecule has 0 aromatic heterocycles. The lowest BCUT2D eigenvalue weighted by molar-refractivity contribution is 0.0736. The normalized spacial score (nSPS) is 12.9. The summed E-state index contributed by atoms with van der Waals surface area (Å²) < 4.78 is 0. The van der Waals surface area contributed by atoms with E-state index in [1.165, 1.54) is 10.5 Å². The summed E-state index contributed by atoms with van der Waals surface area (Å²) in [7, 11) is 1.69. The first kappa shape index (κ1) is 16.2. The highest BCUT2D eigenvalue weighted by atomic mass is 16.2. The molecule has 1 aromatic carbocycles. The van der Waals surface area contributed by atoms with Gasteiger partial charge < -0.3 is 4.90 Å². The maximum absolute atomic E-state index is 12.4. The van der Waals surface area contributed by atoms with Gasteiger partial charge in [0.25, 0.3) is 5.91 Å². The maximum Gasteiger partial charge on any atom is 0.254 e. The second-order valence-electron chi connectivity index (χ2n) is 6.56. The van der Waals surface area contributed by atoms with Gasteiger partial charge in [-0.2, -0.15) is 5.26 Å². The minimum atomic E-state index is -0.398. The van der Waals surface area contributed by atoms with Crippen molar-refractivity contribution >= 4 is 5.91 Å². The van der Waals surface area contributed by atoms with Crippen molar-refractivity contribution < 1.29 is 4.79 Å². The lowest BCUT2D eigenvalue weighted by Crippen LogP contribution is -2.39. The smallest absolute Gasteiger partial charge is 0.254 e. The van der Waals surface area contributed by atoms with Crippen LogP contribution in [0.15, 0.2) is 24.3 Å². The molecule has 0 saturated heterocycles. The Labute approximate surface area is 122 Å². The minimum Gasteiger partial charge on any atom is -0.325 e. The Kier molecular flexibility index (Phi) is 4.94. The van der Waals surface area contributed by atoms with E-state index in [1.807, 2.05) is 38.1 Å². The molecule has 1 atom stereocenters. The fraction of sp³-hybridized carbons (Fsp3) is 0.529. The first-order valence-corrected chi connectivity index (χ1v) is 6.95. The van der Waals surface area contributed by atoms with Crippen molar-refractivity contribution in [2.24, 2.45) is 5.92 Å². The number of nitriles is 1. The van der Waals surface area contributed by atoms with Crippen molar-refractivity contribution in [1.82, 2.24) is 4.90 Å². The standard InChI is InChI=1S/C17H24N2O/c1-12(2)15(11-18)19(6)16(20)13-7-9-14(10-8-13)17(3,4)5/h7-10,12,15H,1-6H3. The number of amides is 1. The molecular weight excluding hydrogens is 248 g/mol. The third-order valence-corrected chi connectivity index (χ3v) is 3.50. The van der Waals surface area contributed by atoms with Crippen LogP contribution < -0.4 is 0 Å². The molecule has 0 aliphatic rings. The number of nitrogens with zero attached hydrogens (tertiary/aromatic N) is 2. The summed E-state index contributed by atoms with van der Waals surface area (Å²) >= 11 is 0. The van der Waals surface area contributed by atoms with E-state index in [1.54, 1.807) is 7.05 Å². The average molecular weight is 272 g/mol. The zero-order valence-electron chi connectivity index (χ0n) is 13.3. The third-order valence-electron chi connectivity index (χ3n) is 3.50. The van der Waals surface area contributed by atoms with Gasteiger partial charge in [0.15, 0.2) is 0 Å². The van der Waals surface area contributed by atoms with Crippen LogP contribution in [0.4, 0.5) is 0 Å². The first-order valence-electron chi connectivity index (χ1n) is 6.95. The molecule has 0 aliphatic carbocycles. The van der Waals surface area contributed by atoms with Crippen LogP contribution in [-0.4, -0.2) is 23.9 Å². The molecule has 3 nitrogen and oxygen atoms in total. The van der Waals surface area contributed by atoms with Gasteiger partial charge in [0.2, 0.25) is 0 Å². The number of hydrogen-bond donors (Lipinski definition) is 0. The van der Waals surface area contributed by atoms with Gasteiger partial charge >= 0.3 is 0 Å². The quantitative estimate of drug-likeness (QED) is 0.843. The molecule has 0 fully saturated rings. The molecule has 0 spiro atoms. The fourth-order valence-electron chi connectivity index (χ4n) is 2.13. The molecule has 0 aliphatic heterocycles. The van der Waals surface area contributed by atoms with E-state index >= 15 is 0 Å². The summed E-state index contributed by atoms with van der Waals surface area (Å²) in [6.07, 6.45) is 0. The van der Waals surface area contributed by atoms with Gasteiger partial charge in [-0.05, 0) is 29.0 Å². The summed E-state index contributed by atoms with van der Waals surface area (Å²) in [4.78, 5) is 13.9. The van der Waals surface area contributed by atoms with Crippen LogP contribution in [0, 0.1) is 17.2 Å². The molecule has 108 valence electrons. The summed E-state index contributed by atoms with van der Waals surface area (Å²) in [5.74, 6) is 0.00788. The Morgan fingerprint density at radius 1 is 1.20 bits per heavy atom. The maximum atomic E-state index is 12.4. The zero-order chi connectivity index (χ0) is 15.5. The number of hydrogen-bond acceptors (Lipinski definition) is 2. The van der Waals surface area contributed by atoms with Gasteiger partial charge in [0.1, 0.15) is 6.04 Å². The van der Waals surface area contributed by atoms with Crippen LogP contribution in [0.3, 0.4) is 0 Å². The molecule has 1 aromatic rings. The Balaban J connectivity index is 2.96. The molecule has 1 rings (SSSR count). The molecule has 0 saturated carbocycles. The van der Waals surface area contributed by atoms with E-state index in [2.05, 4.69) is 26.8 Å². The fourth-order valence-corrected chi connectivity index (χ4v) is 2.13. The van der Waals surface area contributed by atoms with E-state index < -0.39 is 6.04 Å². The Morgan fingerprint density at radius 3 is 2.05 bits per heavy atom. The van der Waals surface area contributed by atoms with Crippen molar-refractivity contribution in [2.75, 3.05) is 7.05 Å². The second-order valence-corrected chi connectivity index (χ2v) is 6.56. The van der Waals surface area contributed by atoms with Crippen LogP contribution in [0.5, 0.6) is 0 Å². The van der Waals surface area contributed by atoms with Crippen molar-refractivity contribution in [3.8, 4) is 6.07 Å². The van der Waals surface area contributed by atoms with Gasteiger partial charge in [-0.15, -0.1) is 0 Å². The number of rotatable bonds is 3. The highest BCUT2D eigenvalue weighted by molar-refractivity contribution is 5.94. The van der Waals surface area contributed by atoms with Gasteiger partial charge in [-0.1, -0.05) is 46.8 Å². The van der Waals surface area contributed by atoms with Gasteiger partial charge in [-0.25, -0.2) is 0 Å². The lowest BCUT2D eigenvalue weighted by atomic mass is 9.86. The molecule has 1 amide bonds.